The molecule has 1 aromatic carbocycles. The van der Waals surface area contributed by atoms with E-state index in [0.717, 1.165) is 28.7 Å². The molecule has 0 fully saturated rings. The molecule has 1 aromatic heterocycles. The second kappa shape index (κ2) is 5.42. The van der Waals surface area contributed by atoms with Crippen molar-refractivity contribution in [3.05, 3.63) is 35.4 Å². The Morgan fingerprint density at radius 2 is 2.29 bits per heavy atom. The first-order chi connectivity index (χ1) is 8.20. The van der Waals surface area contributed by atoms with Crippen molar-refractivity contribution >= 4 is 29.1 Å². The van der Waals surface area contributed by atoms with E-state index in [-0.39, 0.29) is 0 Å². The van der Waals surface area contributed by atoms with E-state index >= 15 is 0 Å². The lowest BCUT2D eigenvalue weighted by molar-refractivity contribution is 0.632. The predicted molar refractivity (Wildman–Crippen MR) is 71.1 cm³/mol. The van der Waals surface area contributed by atoms with Crippen LogP contribution in [0.4, 0.5) is 5.69 Å². The number of nitrogens with zero attached hydrogens (tertiary/aromatic N) is 3. The van der Waals surface area contributed by atoms with E-state index in [1.165, 1.54) is 0 Å². The molecule has 2 aromatic rings. The van der Waals surface area contributed by atoms with Crippen molar-refractivity contribution < 1.29 is 0 Å². The lowest BCUT2D eigenvalue weighted by Gasteiger charge is -2.06. The van der Waals surface area contributed by atoms with Crippen LogP contribution in [0.5, 0.6) is 0 Å². The Morgan fingerprint density at radius 1 is 1.47 bits per heavy atom. The minimum absolute atomic E-state index is 0.693. The normalized spacial score (nSPS) is 10.7. The Labute approximate surface area is 109 Å². The summed E-state index contributed by atoms with van der Waals surface area (Å²) in [7, 11) is 0. The molecule has 0 spiro atoms. The Morgan fingerprint density at radius 3 is 3.06 bits per heavy atom. The number of halogens is 1. The molecule has 90 valence electrons. The molecule has 0 unspecified atom stereocenters. The largest absolute Gasteiger partial charge is 0.398 e. The SMILES string of the molecule is CCn1ncnc1CSc1cc(Cl)ccc1N. The van der Waals surface area contributed by atoms with E-state index in [1.54, 1.807) is 24.2 Å². The zero-order chi connectivity index (χ0) is 12.3. The Hall–Kier alpha value is -1.20. The summed E-state index contributed by atoms with van der Waals surface area (Å²) in [4.78, 5) is 5.19. The molecule has 0 bridgehead atoms. The van der Waals surface area contributed by atoms with Crippen LogP contribution in [-0.2, 0) is 12.3 Å². The first-order valence-electron chi connectivity index (χ1n) is 5.25. The van der Waals surface area contributed by atoms with Gasteiger partial charge in [0.25, 0.3) is 0 Å². The number of nitrogens with two attached hydrogens (primary N) is 1. The van der Waals surface area contributed by atoms with Crippen LogP contribution in [0, 0.1) is 0 Å². The van der Waals surface area contributed by atoms with Gasteiger partial charge in [0.15, 0.2) is 0 Å². The molecule has 0 saturated heterocycles. The van der Waals surface area contributed by atoms with E-state index in [1.807, 2.05) is 23.7 Å². The van der Waals surface area contributed by atoms with Crippen molar-refractivity contribution in [2.45, 2.75) is 24.1 Å². The van der Waals surface area contributed by atoms with Gasteiger partial charge in [-0.15, -0.1) is 11.8 Å². The van der Waals surface area contributed by atoms with Crippen LogP contribution < -0.4 is 5.73 Å². The molecule has 0 amide bonds. The fourth-order valence-corrected chi connectivity index (χ4v) is 2.63. The van der Waals surface area contributed by atoms with Gasteiger partial charge in [-0.3, -0.25) is 0 Å². The Kier molecular flexibility index (Phi) is 3.91. The topological polar surface area (TPSA) is 56.7 Å². The summed E-state index contributed by atoms with van der Waals surface area (Å²) >= 11 is 7.55. The summed E-state index contributed by atoms with van der Waals surface area (Å²) in [6, 6.07) is 5.47. The standard InChI is InChI=1S/C11H13ClN4S/c1-2-16-11(14-7-15-16)6-17-10-5-8(12)3-4-9(10)13/h3-5,7H,2,6,13H2,1H3. The minimum Gasteiger partial charge on any atom is -0.398 e. The summed E-state index contributed by atoms with van der Waals surface area (Å²) in [5.74, 6) is 1.68. The predicted octanol–water partition coefficient (Wildman–Crippen LogP) is 2.83. The molecule has 2 rings (SSSR count). The van der Waals surface area contributed by atoms with Crippen molar-refractivity contribution in [3.8, 4) is 0 Å². The van der Waals surface area contributed by atoms with Crippen molar-refractivity contribution in [2.24, 2.45) is 0 Å². The van der Waals surface area contributed by atoms with Gasteiger partial charge in [-0.2, -0.15) is 5.10 Å². The second-order valence-corrected chi connectivity index (χ2v) is 4.92. The molecule has 0 aliphatic rings. The van der Waals surface area contributed by atoms with Gasteiger partial charge in [-0.1, -0.05) is 11.6 Å². The summed E-state index contributed by atoms with van der Waals surface area (Å²) in [6.45, 7) is 2.86. The number of aryl methyl sites for hydroxylation is 1. The van der Waals surface area contributed by atoms with Crippen molar-refractivity contribution in [3.63, 3.8) is 0 Å². The quantitative estimate of drug-likeness (QED) is 0.684. The third-order valence-corrected chi connectivity index (χ3v) is 3.63. The second-order valence-electron chi connectivity index (χ2n) is 3.46. The summed E-state index contributed by atoms with van der Waals surface area (Å²) in [6.07, 6.45) is 1.57. The molecule has 0 aliphatic heterocycles. The van der Waals surface area contributed by atoms with E-state index in [9.17, 15) is 0 Å². The monoisotopic (exact) mass is 268 g/mol. The smallest absolute Gasteiger partial charge is 0.138 e. The average molecular weight is 269 g/mol. The fraction of sp³-hybridized carbons (Fsp3) is 0.273. The number of thioether (sulfide) groups is 1. The van der Waals surface area contributed by atoms with Crippen LogP contribution in [0.25, 0.3) is 0 Å². The average Bonchev–Trinajstić information content (AvgIpc) is 2.77. The van der Waals surface area contributed by atoms with E-state index < -0.39 is 0 Å². The first-order valence-corrected chi connectivity index (χ1v) is 6.61. The van der Waals surface area contributed by atoms with Crippen LogP contribution in [0.1, 0.15) is 12.7 Å². The highest BCUT2D eigenvalue weighted by molar-refractivity contribution is 7.98. The van der Waals surface area contributed by atoms with Gasteiger partial charge in [0.2, 0.25) is 0 Å². The van der Waals surface area contributed by atoms with E-state index in [4.69, 9.17) is 17.3 Å². The molecule has 2 N–H and O–H groups in total. The zero-order valence-electron chi connectivity index (χ0n) is 9.43. The van der Waals surface area contributed by atoms with Crippen LogP contribution >= 0.6 is 23.4 Å². The summed E-state index contributed by atoms with van der Waals surface area (Å²) in [5, 5.41) is 4.82. The summed E-state index contributed by atoms with van der Waals surface area (Å²) in [5.41, 5.74) is 6.62. The number of benzene rings is 1. The zero-order valence-corrected chi connectivity index (χ0v) is 11.0. The third kappa shape index (κ3) is 2.92. The van der Waals surface area contributed by atoms with Gasteiger partial charge in [0, 0.05) is 22.2 Å². The van der Waals surface area contributed by atoms with Crippen LogP contribution in [0.3, 0.4) is 0 Å². The molecule has 4 nitrogen and oxygen atoms in total. The molecule has 17 heavy (non-hydrogen) atoms. The minimum atomic E-state index is 0.693. The van der Waals surface area contributed by atoms with Gasteiger partial charge in [-0.25, -0.2) is 9.67 Å². The molecule has 0 radical (unpaired) electrons. The number of hydrogen-bond donors (Lipinski definition) is 1. The van der Waals surface area contributed by atoms with E-state index in [0.29, 0.717) is 5.02 Å². The maximum atomic E-state index is 5.93. The van der Waals surface area contributed by atoms with Gasteiger partial charge in [0.05, 0.1) is 5.75 Å². The summed E-state index contributed by atoms with van der Waals surface area (Å²) < 4.78 is 1.87. The van der Waals surface area contributed by atoms with Crippen LogP contribution in [0.15, 0.2) is 29.4 Å². The number of anilines is 1. The molecule has 1 heterocycles. The Bertz CT molecular complexity index is 512. The maximum absolute atomic E-state index is 5.93. The van der Waals surface area contributed by atoms with Gasteiger partial charge >= 0.3 is 0 Å². The van der Waals surface area contributed by atoms with E-state index in [2.05, 4.69) is 10.1 Å². The fourth-order valence-electron chi connectivity index (χ4n) is 1.44. The molecule has 0 aliphatic carbocycles. The van der Waals surface area contributed by atoms with Crippen molar-refractivity contribution in [1.82, 2.24) is 14.8 Å². The molecular weight excluding hydrogens is 256 g/mol. The third-order valence-electron chi connectivity index (χ3n) is 2.33. The first kappa shape index (κ1) is 12.3. The number of aromatic nitrogens is 3. The molecule has 0 saturated carbocycles. The van der Waals surface area contributed by atoms with Crippen molar-refractivity contribution in [2.75, 3.05) is 5.73 Å². The lowest BCUT2D eigenvalue weighted by atomic mass is 10.3. The Balaban J connectivity index is 2.09. The van der Waals surface area contributed by atoms with Crippen LogP contribution in [0.2, 0.25) is 5.02 Å². The highest BCUT2D eigenvalue weighted by Gasteiger charge is 2.06. The number of nitrogen functional groups attached to an aromatic ring is 1. The van der Waals surface area contributed by atoms with Crippen LogP contribution in [-0.4, -0.2) is 14.8 Å². The molecular formula is C11H13ClN4S. The lowest BCUT2D eigenvalue weighted by Crippen LogP contribution is -2.02. The maximum Gasteiger partial charge on any atom is 0.138 e. The van der Waals surface area contributed by atoms with Crippen molar-refractivity contribution in [1.29, 1.82) is 0 Å². The van der Waals surface area contributed by atoms with Gasteiger partial charge in [-0.05, 0) is 25.1 Å². The highest BCUT2D eigenvalue weighted by atomic mass is 35.5. The molecule has 6 heteroatoms. The number of hydrogen-bond acceptors (Lipinski definition) is 4. The molecule has 0 atom stereocenters. The van der Waals surface area contributed by atoms with Gasteiger partial charge < -0.3 is 5.73 Å². The van der Waals surface area contributed by atoms with Gasteiger partial charge in [0.1, 0.15) is 12.2 Å². The highest BCUT2D eigenvalue weighted by Crippen LogP contribution is 2.29. The number of rotatable bonds is 4.